The zero-order valence-electron chi connectivity index (χ0n) is 8.92. The van der Waals surface area contributed by atoms with Gasteiger partial charge < -0.3 is 0 Å². The third-order valence-corrected chi connectivity index (χ3v) is 1.46. The molecule has 0 spiro atoms. The molecular formula is C11H10F4O2. The Bertz CT molecular complexity index is 371. The lowest BCUT2D eigenvalue weighted by Crippen LogP contribution is -2.24. The highest BCUT2D eigenvalue weighted by Gasteiger charge is 2.38. The highest BCUT2D eigenvalue weighted by Crippen LogP contribution is 2.17. The highest BCUT2D eigenvalue weighted by atomic mass is 19.4. The van der Waals surface area contributed by atoms with Gasteiger partial charge in [0.05, 0.1) is 6.42 Å². The van der Waals surface area contributed by atoms with E-state index >= 15 is 0 Å². The third kappa shape index (κ3) is 8.12. The van der Waals surface area contributed by atoms with Gasteiger partial charge in [0.25, 0.3) is 0 Å². The fraction of sp³-hybridized carbons (Fsp3) is 0.273. The van der Waals surface area contributed by atoms with Crippen molar-refractivity contribution in [2.75, 3.05) is 0 Å². The van der Waals surface area contributed by atoms with Crippen LogP contribution in [0.15, 0.2) is 30.3 Å². The van der Waals surface area contributed by atoms with E-state index in [9.17, 15) is 27.2 Å². The number of carbonyl (C=O) groups is 2. The molecule has 0 aliphatic carbocycles. The minimum Gasteiger partial charge on any atom is -0.300 e. The van der Waals surface area contributed by atoms with E-state index in [4.69, 9.17) is 0 Å². The normalized spacial score (nSPS) is 10.2. The zero-order chi connectivity index (χ0) is 13.5. The lowest BCUT2D eigenvalue weighted by atomic mass is 10.2. The van der Waals surface area contributed by atoms with Crippen LogP contribution in [-0.2, 0) is 9.59 Å². The van der Waals surface area contributed by atoms with Crippen LogP contribution in [0.4, 0.5) is 17.6 Å². The topological polar surface area (TPSA) is 34.1 Å². The summed E-state index contributed by atoms with van der Waals surface area (Å²) in [7, 11) is 0. The van der Waals surface area contributed by atoms with Crippen LogP contribution in [0.25, 0.3) is 0 Å². The van der Waals surface area contributed by atoms with E-state index in [0.717, 1.165) is 6.92 Å². The Morgan fingerprint density at radius 1 is 1.12 bits per heavy atom. The number of benzene rings is 1. The van der Waals surface area contributed by atoms with E-state index in [1.807, 2.05) is 0 Å². The summed E-state index contributed by atoms with van der Waals surface area (Å²) in [5.41, 5.74) is 0. The molecule has 0 aliphatic heterocycles. The summed E-state index contributed by atoms with van der Waals surface area (Å²) in [5, 5.41) is 0. The second kappa shape index (κ2) is 6.78. The van der Waals surface area contributed by atoms with Gasteiger partial charge in [0.15, 0.2) is 0 Å². The van der Waals surface area contributed by atoms with Crippen LogP contribution in [-0.4, -0.2) is 17.7 Å². The first-order valence-electron chi connectivity index (χ1n) is 4.53. The molecule has 0 radical (unpaired) electrons. The number of alkyl halides is 3. The molecule has 0 N–H and O–H groups in total. The van der Waals surface area contributed by atoms with Gasteiger partial charge in [-0.15, -0.1) is 0 Å². The molecule has 0 heterocycles. The van der Waals surface area contributed by atoms with Gasteiger partial charge in [0.2, 0.25) is 5.78 Å². The third-order valence-electron chi connectivity index (χ3n) is 1.46. The molecule has 1 aromatic rings. The van der Waals surface area contributed by atoms with Crippen LogP contribution < -0.4 is 0 Å². The van der Waals surface area contributed by atoms with Gasteiger partial charge in [-0.25, -0.2) is 4.39 Å². The van der Waals surface area contributed by atoms with E-state index in [0.29, 0.717) is 0 Å². The first-order chi connectivity index (χ1) is 7.73. The maximum Gasteiger partial charge on any atom is 0.450 e. The van der Waals surface area contributed by atoms with Crippen molar-refractivity contribution in [1.29, 1.82) is 0 Å². The van der Waals surface area contributed by atoms with Crippen molar-refractivity contribution in [1.82, 2.24) is 0 Å². The predicted molar refractivity (Wildman–Crippen MR) is 52.8 cm³/mol. The summed E-state index contributed by atoms with van der Waals surface area (Å²) in [6.45, 7) is 0.934. The molecule has 17 heavy (non-hydrogen) atoms. The van der Waals surface area contributed by atoms with Gasteiger partial charge in [0.1, 0.15) is 11.6 Å². The van der Waals surface area contributed by atoms with E-state index in [1.165, 1.54) is 12.1 Å². The largest absolute Gasteiger partial charge is 0.450 e. The number of ketones is 2. The Labute approximate surface area is 95.2 Å². The Balaban J connectivity index is 0.000000318. The number of Topliss-reactive ketones (excluding diaryl/α,β-unsaturated/α-hetero) is 2. The molecule has 0 aromatic heterocycles. The minimum atomic E-state index is -4.87. The minimum absolute atomic E-state index is 0.178. The molecule has 94 valence electrons. The second-order valence-corrected chi connectivity index (χ2v) is 3.10. The number of halogens is 4. The van der Waals surface area contributed by atoms with Crippen molar-refractivity contribution < 1.29 is 27.2 Å². The molecular weight excluding hydrogens is 240 g/mol. The average Bonchev–Trinajstić information content (AvgIpc) is 2.17. The van der Waals surface area contributed by atoms with Crippen LogP contribution in [0, 0.1) is 5.82 Å². The fourth-order valence-electron chi connectivity index (χ4n) is 0.741. The van der Waals surface area contributed by atoms with Crippen LogP contribution in [0.2, 0.25) is 0 Å². The van der Waals surface area contributed by atoms with Crippen LogP contribution in [0.1, 0.15) is 13.3 Å². The Hall–Kier alpha value is -1.72. The van der Waals surface area contributed by atoms with E-state index in [1.54, 1.807) is 18.2 Å². The Kier molecular flexibility index (Phi) is 6.09. The second-order valence-electron chi connectivity index (χ2n) is 3.10. The molecule has 1 aromatic carbocycles. The molecule has 2 nitrogen and oxygen atoms in total. The predicted octanol–water partition coefficient (Wildman–Crippen LogP) is 2.92. The van der Waals surface area contributed by atoms with Gasteiger partial charge in [0, 0.05) is 0 Å². The summed E-state index contributed by atoms with van der Waals surface area (Å²) in [6.07, 6.45) is -5.92. The van der Waals surface area contributed by atoms with Gasteiger partial charge in [-0.3, -0.25) is 9.59 Å². The maximum absolute atomic E-state index is 11.9. The Morgan fingerprint density at radius 3 is 1.76 bits per heavy atom. The van der Waals surface area contributed by atoms with Crippen molar-refractivity contribution in [3.05, 3.63) is 36.1 Å². The van der Waals surface area contributed by atoms with Crippen molar-refractivity contribution in [3.8, 4) is 0 Å². The highest BCUT2D eigenvalue weighted by molar-refractivity contribution is 6.00. The average molecular weight is 250 g/mol. The van der Waals surface area contributed by atoms with Crippen LogP contribution in [0.3, 0.4) is 0 Å². The van der Waals surface area contributed by atoms with Gasteiger partial charge in [-0.1, -0.05) is 18.2 Å². The SMILES string of the molecule is CC(=O)CC(=O)C(F)(F)F.Fc1ccccc1. The molecule has 0 amide bonds. The molecule has 0 fully saturated rings. The van der Waals surface area contributed by atoms with E-state index < -0.39 is 24.2 Å². The van der Waals surface area contributed by atoms with Crippen LogP contribution >= 0.6 is 0 Å². The number of carbonyl (C=O) groups excluding carboxylic acids is 2. The molecule has 0 saturated carbocycles. The summed E-state index contributed by atoms with van der Waals surface area (Å²) in [6, 6.07) is 7.94. The number of hydrogen-bond donors (Lipinski definition) is 0. The zero-order valence-corrected chi connectivity index (χ0v) is 8.92. The van der Waals surface area contributed by atoms with Crippen molar-refractivity contribution in [2.24, 2.45) is 0 Å². The summed E-state index contributed by atoms with van der Waals surface area (Å²) < 4.78 is 45.8. The van der Waals surface area contributed by atoms with Crippen molar-refractivity contribution in [2.45, 2.75) is 19.5 Å². The van der Waals surface area contributed by atoms with E-state index in [-0.39, 0.29) is 5.82 Å². The molecule has 0 aliphatic rings. The van der Waals surface area contributed by atoms with Crippen molar-refractivity contribution in [3.63, 3.8) is 0 Å². The fourth-order valence-corrected chi connectivity index (χ4v) is 0.741. The quantitative estimate of drug-likeness (QED) is 0.597. The standard InChI is InChI=1S/C6H5F.C5H5F3O2/c7-6-4-2-1-3-5-6;1-3(9)2-4(10)5(6,7)8/h1-5H;2H2,1H3. The summed E-state index contributed by atoms with van der Waals surface area (Å²) in [5.74, 6) is -2.94. The summed E-state index contributed by atoms with van der Waals surface area (Å²) >= 11 is 0. The lowest BCUT2D eigenvalue weighted by molar-refractivity contribution is -0.171. The van der Waals surface area contributed by atoms with E-state index in [2.05, 4.69) is 0 Å². The first-order valence-corrected chi connectivity index (χ1v) is 4.53. The lowest BCUT2D eigenvalue weighted by Gasteiger charge is -2.00. The van der Waals surface area contributed by atoms with Gasteiger partial charge in [-0.05, 0) is 19.1 Å². The molecule has 0 saturated heterocycles. The van der Waals surface area contributed by atoms with Gasteiger partial charge >= 0.3 is 6.18 Å². The van der Waals surface area contributed by atoms with Crippen LogP contribution in [0.5, 0.6) is 0 Å². The summed E-state index contributed by atoms with van der Waals surface area (Å²) in [4.78, 5) is 19.9. The molecule has 0 atom stereocenters. The number of rotatable bonds is 2. The number of hydrogen-bond acceptors (Lipinski definition) is 2. The Morgan fingerprint density at radius 2 is 1.59 bits per heavy atom. The molecule has 0 unspecified atom stereocenters. The monoisotopic (exact) mass is 250 g/mol. The van der Waals surface area contributed by atoms with Gasteiger partial charge in [-0.2, -0.15) is 13.2 Å². The maximum atomic E-state index is 11.9. The molecule has 0 bridgehead atoms. The molecule has 1 rings (SSSR count). The molecule has 6 heteroatoms. The van der Waals surface area contributed by atoms with Crippen molar-refractivity contribution >= 4 is 11.6 Å². The smallest absolute Gasteiger partial charge is 0.300 e. The first kappa shape index (κ1) is 15.3.